The summed E-state index contributed by atoms with van der Waals surface area (Å²) in [6, 6.07) is 5.82. The molecule has 0 fully saturated rings. The molecule has 1 rings (SSSR count). The molecule has 0 bridgehead atoms. The molecule has 20 heavy (non-hydrogen) atoms. The molecule has 1 unspecified atom stereocenters. The monoisotopic (exact) mass is 283 g/mol. The van der Waals surface area contributed by atoms with Crippen molar-refractivity contribution in [2.75, 3.05) is 39.5 Å². The Morgan fingerprint density at radius 2 is 1.80 bits per heavy atom. The first-order valence-corrected chi connectivity index (χ1v) is 6.89. The third-order valence-electron chi connectivity index (χ3n) is 3.29. The molecule has 0 saturated carbocycles. The van der Waals surface area contributed by atoms with Crippen LogP contribution in [0.25, 0.3) is 0 Å². The zero-order valence-corrected chi connectivity index (χ0v) is 12.2. The molecule has 0 radical (unpaired) electrons. The second-order valence-electron chi connectivity index (χ2n) is 4.91. The van der Waals surface area contributed by atoms with Crippen LogP contribution in [0.15, 0.2) is 18.2 Å². The van der Waals surface area contributed by atoms with E-state index >= 15 is 0 Å². The number of hydrogen-bond donors (Lipinski definition) is 3. The fourth-order valence-electron chi connectivity index (χ4n) is 1.99. The van der Waals surface area contributed by atoms with E-state index in [1.165, 1.54) is 0 Å². The third-order valence-corrected chi connectivity index (χ3v) is 3.29. The molecule has 0 spiro atoms. The van der Waals surface area contributed by atoms with E-state index in [9.17, 15) is 5.11 Å². The predicted octanol–water partition coefficient (Wildman–Crippen LogP) is 0.330. The maximum Gasteiger partial charge on any atom is 0.122 e. The first-order valence-electron chi connectivity index (χ1n) is 6.89. The van der Waals surface area contributed by atoms with Crippen molar-refractivity contribution in [2.45, 2.75) is 20.0 Å². The van der Waals surface area contributed by atoms with Crippen LogP contribution in [0.1, 0.15) is 11.1 Å². The molecule has 0 aliphatic rings. The first-order chi connectivity index (χ1) is 9.58. The lowest BCUT2D eigenvalue weighted by Gasteiger charge is -2.23. The van der Waals surface area contributed by atoms with E-state index < -0.39 is 6.10 Å². The van der Waals surface area contributed by atoms with Gasteiger partial charge in [0.2, 0.25) is 0 Å². The lowest BCUT2D eigenvalue weighted by molar-refractivity contribution is 0.0550. The minimum absolute atomic E-state index is 0.00453. The normalized spacial score (nSPS) is 12.7. The van der Waals surface area contributed by atoms with Gasteiger partial charge in [0.05, 0.1) is 13.2 Å². The summed E-state index contributed by atoms with van der Waals surface area (Å²) in [5.74, 6) is 0.778. The second-order valence-corrected chi connectivity index (χ2v) is 4.91. The fourth-order valence-corrected chi connectivity index (χ4v) is 1.99. The van der Waals surface area contributed by atoms with Gasteiger partial charge in [0, 0.05) is 19.6 Å². The summed E-state index contributed by atoms with van der Waals surface area (Å²) in [7, 11) is 0. The Morgan fingerprint density at radius 3 is 2.40 bits per heavy atom. The van der Waals surface area contributed by atoms with Crippen LogP contribution in [0.4, 0.5) is 0 Å². The number of benzene rings is 1. The summed E-state index contributed by atoms with van der Waals surface area (Å²) >= 11 is 0. The molecule has 0 aliphatic carbocycles. The minimum Gasteiger partial charge on any atom is -0.491 e. The average molecular weight is 283 g/mol. The zero-order valence-electron chi connectivity index (χ0n) is 12.2. The molecule has 114 valence electrons. The third kappa shape index (κ3) is 5.46. The Kier molecular flexibility index (Phi) is 7.54. The van der Waals surface area contributed by atoms with Crippen LogP contribution in [0.2, 0.25) is 0 Å². The highest BCUT2D eigenvalue weighted by molar-refractivity contribution is 5.38. The first kappa shape index (κ1) is 16.9. The van der Waals surface area contributed by atoms with Crippen LogP contribution in [-0.4, -0.2) is 65.8 Å². The summed E-state index contributed by atoms with van der Waals surface area (Å²) in [6.07, 6.45) is -0.659. The Hall–Kier alpha value is -1.14. The lowest BCUT2D eigenvalue weighted by Crippen LogP contribution is -2.38. The number of aliphatic hydroxyl groups excluding tert-OH is 3. The van der Waals surface area contributed by atoms with Crippen molar-refractivity contribution in [3.8, 4) is 5.75 Å². The number of aryl methyl sites for hydroxylation is 1. The molecule has 1 aromatic rings. The van der Waals surface area contributed by atoms with Gasteiger partial charge < -0.3 is 20.1 Å². The van der Waals surface area contributed by atoms with Gasteiger partial charge in [-0.05, 0) is 31.0 Å². The van der Waals surface area contributed by atoms with Gasteiger partial charge >= 0.3 is 0 Å². The largest absolute Gasteiger partial charge is 0.491 e. The van der Waals surface area contributed by atoms with Crippen molar-refractivity contribution < 1.29 is 20.1 Å². The summed E-state index contributed by atoms with van der Waals surface area (Å²) in [5, 5.41) is 27.8. The highest BCUT2D eigenvalue weighted by atomic mass is 16.5. The number of nitrogens with zero attached hydrogens (tertiary/aromatic N) is 1. The summed E-state index contributed by atoms with van der Waals surface area (Å²) in [5.41, 5.74) is 2.22. The van der Waals surface area contributed by atoms with Crippen LogP contribution in [-0.2, 0) is 0 Å². The van der Waals surface area contributed by atoms with E-state index in [2.05, 4.69) is 0 Å². The molecule has 1 aromatic carbocycles. The number of ether oxygens (including phenoxy) is 1. The Labute approximate surface area is 120 Å². The van der Waals surface area contributed by atoms with Crippen molar-refractivity contribution in [3.05, 3.63) is 29.3 Å². The van der Waals surface area contributed by atoms with Crippen molar-refractivity contribution in [2.24, 2.45) is 0 Å². The summed E-state index contributed by atoms with van der Waals surface area (Å²) in [6.45, 7) is 5.44. The van der Waals surface area contributed by atoms with E-state index in [0.717, 1.165) is 16.9 Å². The highest BCUT2D eigenvalue weighted by Crippen LogP contribution is 2.20. The summed E-state index contributed by atoms with van der Waals surface area (Å²) in [4.78, 5) is 1.80. The van der Waals surface area contributed by atoms with E-state index in [1.54, 1.807) is 4.90 Å². The fraction of sp³-hybridized carbons (Fsp3) is 0.600. The van der Waals surface area contributed by atoms with Gasteiger partial charge in [-0.1, -0.05) is 12.1 Å². The number of aliphatic hydroxyl groups is 3. The van der Waals surface area contributed by atoms with Crippen molar-refractivity contribution in [1.29, 1.82) is 0 Å². The van der Waals surface area contributed by atoms with E-state index in [0.29, 0.717) is 19.6 Å². The van der Waals surface area contributed by atoms with E-state index in [4.69, 9.17) is 14.9 Å². The van der Waals surface area contributed by atoms with Gasteiger partial charge in [-0.25, -0.2) is 0 Å². The quantitative estimate of drug-likeness (QED) is 0.609. The van der Waals surface area contributed by atoms with E-state index in [1.807, 2.05) is 32.0 Å². The van der Waals surface area contributed by atoms with Crippen LogP contribution in [0, 0.1) is 13.8 Å². The highest BCUT2D eigenvalue weighted by Gasteiger charge is 2.12. The second kappa shape index (κ2) is 8.92. The van der Waals surface area contributed by atoms with Gasteiger partial charge in [-0.3, -0.25) is 4.90 Å². The van der Waals surface area contributed by atoms with Crippen LogP contribution >= 0.6 is 0 Å². The minimum atomic E-state index is -0.659. The SMILES string of the molecule is Cc1cccc(OCC(O)CN(CCO)CCO)c1C. The maximum atomic E-state index is 9.96. The van der Waals surface area contributed by atoms with Gasteiger partial charge in [0.1, 0.15) is 18.5 Å². The molecular weight excluding hydrogens is 258 g/mol. The molecule has 0 aromatic heterocycles. The molecule has 3 N–H and O–H groups in total. The molecule has 0 heterocycles. The summed E-state index contributed by atoms with van der Waals surface area (Å²) < 4.78 is 5.63. The molecule has 5 nitrogen and oxygen atoms in total. The number of rotatable bonds is 9. The lowest BCUT2D eigenvalue weighted by atomic mass is 10.1. The Balaban J connectivity index is 2.45. The van der Waals surface area contributed by atoms with E-state index in [-0.39, 0.29) is 19.8 Å². The van der Waals surface area contributed by atoms with Crippen LogP contribution in [0.5, 0.6) is 5.75 Å². The van der Waals surface area contributed by atoms with Gasteiger partial charge in [0.15, 0.2) is 0 Å². The average Bonchev–Trinajstić information content (AvgIpc) is 2.41. The standard InChI is InChI=1S/C15H25NO4/c1-12-4-3-5-15(13(12)2)20-11-14(19)10-16(6-8-17)7-9-18/h3-5,14,17-19H,6-11H2,1-2H3. The predicted molar refractivity (Wildman–Crippen MR) is 78.0 cm³/mol. The van der Waals surface area contributed by atoms with Gasteiger partial charge in [-0.2, -0.15) is 0 Å². The van der Waals surface area contributed by atoms with Gasteiger partial charge in [0.25, 0.3) is 0 Å². The van der Waals surface area contributed by atoms with Crippen LogP contribution < -0.4 is 4.74 Å². The van der Waals surface area contributed by atoms with Crippen molar-refractivity contribution >= 4 is 0 Å². The molecule has 1 atom stereocenters. The molecule has 0 aliphatic heterocycles. The Bertz CT molecular complexity index is 391. The molecular formula is C15H25NO4. The van der Waals surface area contributed by atoms with Crippen molar-refractivity contribution in [3.63, 3.8) is 0 Å². The maximum absolute atomic E-state index is 9.96. The zero-order chi connectivity index (χ0) is 15.0. The number of hydrogen-bond acceptors (Lipinski definition) is 5. The molecule has 0 saturated heterocycles. The van der Waals surface area contributed by atoms with Gasteiger partial charge in [-0.15, -0.1) is 0 Å². The topological polar surface area (TPSA) is 73.2 Å². The Morgan fingerprint density at radius 1 is 1.15 bits per heavy atom. The van der Waals surface area contributed by atoms with Crippen molar-refractivity contribution in [1.82, 2.24) is 4.90 Å². The molecule has 5 heteroatoms. The molecule has 0 amide bonds. The smallest absolute Gasteiger partial charge is 0.122 e. The van der Waals surface area contributed by atoms with Crippen LogP contribution in [0.3, 0.4) is 0 Å².